The number of hydrogen-bond donors (Lipinski definition) is 1. The number of amides is 1. The lowest BCUT2D eigenvalue weighted by molar-refractivity contribution is 0.0927. The number of hydrogen-bond acceptors (Lipinski definition) is 4. The van der Waals surface area contributed by atoms with Crippen LogP contribution in [0, 0.1) is 0 Å². The van der Waals surface area contributed by atoms with Gasteiger partial charge in [0.25, 0.3) is 5.91 Å². The number of aromatic nitrogens is 2. The molecule has 1 aliphatic heterocycles. The smallest absolute Gasteiger partial charge is 0.272 e. The van der Waals surface area contributed by atoms with E-state index in [0.717, 1.165) is 31.7 Å². The van der Waals surface area contributed by atoms with Crippen LogP contribution in [-0.4, -0.2) is 35.2 Å². The Balaban J connectivity index is 1.58. The first kappa shape index (κ1) is 15.3. The third kappa shape index (κ3) is 3.96. The van der Waals surface area contributed by atoms with Crippen LogP contribution in [0.4, 0.5) is 5.82 Å². The molecule has 0 unspecified atom stereocenters. The van der Waals surface area contributed by atoms with Crippen molar-refractivity contribution in [2.75, 3.05) is 18.0 Å². The summed E-state index contributed by atoms with van der Waals surface area (Å²) in [7, 11) is 0. The van der Waals surface area contributed by atoms with Crippen LogP contribution in [0.2, 0.25) is 0 Å². The van der Waals surface area contributed by atoms with Crippen molar-refractivity contribution in [3.05, 3.63) is 17.8 Å². The monoisotopic (exact) mass is 302 g/mol. The van der Waals surface area contributed by atoms with Gasteiger partial charge in [-0.1, -0.05) is 25.7 Å². The second kappa shape index (κ2) is 7.56. The Kier molecular flexibility index (Phi) is 5.24. The van der Waals surface area contributed by atoms with Crippen LogP contribution >= 0.6 is 0 Å². The molecule has 0 bridgehead atoms. The normalized spacial score (nSPS) is 20.5. The Hall–Kier alpha value is -1.65. The number of carbonyl (C=O) groups is 1. The molecule has 5 heteroatoms. The number of nitrogens with one attached hydrogen (secondary N) is 1. The van der Waals surface area contributed by atoms with Crippen LogP contribution in [0.15, 0.2) is 12.1 Å². The summed E-state index contributed by atoms with van der Waals surface area (Å²) < 4.78 is 0. The van der Waals surface area contributed by atoms with Crippen molar-refractivity contribution in [3.63, 3.8) is 0 Å². The Morgan fingerprint density at radius 2 is 1.64 bits per heavy atom. The van der Waals surface area contributed by atoms with Gasteiger partial charge in [0.15, 0.2) is 11.5 Å². The highest BCUT2D eigenvalue weighted by molar-refractivity contribution is 5.92. The number of carbonyl (C=O) groups excluding carboxylic acids is 1. The molecule has 1 amide bonds. The van der Waals surface area contributed by atoms with E-state index in [2.05, 4.69) is 20.4 Å². The van der Waals surface area contributed by atoms with Crippen LogP contribution in [0.3, 0.4) is 0 Å². The topological polar surface area (TPSA) is 58.1 Å². The molecule has 1 aliphatic carbocycles. The van der Waals surface area contributed by atoms with E-state index in [4.69, 9.17) is 0 Å². The standard InChI is InChI=1S/C17H26N4O/c22-17(18-14-8-4-1-2-5-9-14)15-10-11-16(20-19-15)21-12-6-3-7-13-21/h10-11,14H,1-9,12-13H2,(H,18,22). The molecule has 1 N–H and O–H groups in total. The average Bonchev–Trinajstić information content (AvgIpc) is 2.84. The lowest BCUT2D eigenvalue weighted by Crippen LogP contribution is -2.35. The third-order valence-electron chi connectivity index (χ3n) is 4.75. The summed E-state index contributed by atoms with van der Waals surface area (Å²) in [5.74, 6) is 0.815. The van der Waals surface area contributed by atoms with E-state index in [9.17, 15) is 4.79 Å². The SMILES string of the molecule is O=C(NC1CCCCCC1)c1ccc(N2CCCCC2)nn1. The Bertz CT molecular complexity index is 474. The largest absolute Gasteiger partial charge is 0.355 e. The van der Waals surface area contributed by atoms with Crippen LogP contribution in [0.1, 0.15) is 68.3 Å². The zero-order valence-electron chi connectivity index (χ0n) is 13.3. The molecule has 120 valence electrons. The molecular weight excluding hydrogens is 276 g/mol. The lowest BCUT2D eigenvalue weighted by Gasteiger charge is -2.27. The van der Waals surface area contributed by atoms with Gasteiger partial charge >= 0.3 is 0 Å². The maximum Gasteiger partial charge on any atom is 0.272 e. The van der Waals surface area contributed by atoms with E-state index in [0.29, 0.717) is 11.7 Å². The Morgan fingerprint density at radius 1 is 0.955 bits per heavy atom. The molecule has 5 nitrogen and oxygen atoms in total. The first-order valence-electron chi connectivity index (χ1n) is 8.72. The molecule has 0 radical (unpaired) electrons. The van der Waals surface area contributed by atoms with Crippen LogP contribution < -0.4 is 10.2 Å². The maximum atomic E-state index is 12.3. The minimum absolute atomic E-state index is 0.0791. The molecule has 1 aromatic heterocycles. The number of piperidine rings is 1. The van der Waals surface area contributed by atoms with Crippen molar-refractivity contribution in [2.45, 2.75) is 63.8 Å². The Morgan fingerprint density at radius 3 is 2.27 bits per heavy atom. The highest BCUT2D eigenvalue weighted by Gasteiger charge is 2.18. The third-order valence-corrected chi connectivity index (χ3v) is 4.75. The molecule has 1 aromatic rings. The van der Waals surface area contributed by atoms with Gasteiger partial charge in [0.05, 0.1) is 0 Å². The molecule has 22 heavy (non-hydrogen) atoms. The van der Waals surface area contributed by atoms with Crippen molar-refractivity contribution >= 4 is 11.7 Å². The summed E-state index contributed by atoms with van der Waals surface area (Å²) >= 11 is 0. The van der Waals surface area contributed by atoms with Gasteiger partial charge in [-0.15, -0.1) is 10.2 Å². The van der Waals surface area contributed by atoms with Gasteiger partial charge in [0, 0.05) is 19.1 Å². The first-order valence-corrected chi connectivity index (χ1v) is 8.72. The molecule has 1 saturated heterocycles. The molecule has 2 heterocycles. The van der Waals surface area contributed by atoms with Crippen molar-refractivity contribution in [2.24, 2.45) is 0 Å². The number of rotatable bonds is 3. The zero-order chi connectivity index (χ0) is 15.2. The first-order chi connectivity index (χ1) is 10.8. The predicted molar refractivity (Wildman–Crippen MR) is 87.1 cm³/mol. The van der Waals surface area contributed by atoms with Gasteiger partial charge in [-0.3, -0.25) is 4.79 Å². The van der Waals surface area contributed by atoms with Gasteiger partial charge in [0.2, 0.25) is 0 Å². The van der Waals surface area contributed by atoms with E-state index < -0.39 is 0 Å². The van der Waals surface area contributed by atoms with E-state index in [-0.39, 0.29) is 5.91 Å². The maximum absolute atomic E-state index is 12.3. The van der Waals surface area contributed by atoms with E-state index in [1.807, 2.05) is 12.1 Å². The highest BCUT2D eigenvalue weighted by Crippen LogP contribution is 2.18. The molecule has 1 saturated carbocycles. The minimum Gasteiger partial charge on any atom is -0.355 e. The van der Waals surface area contributed by atoms with Gasteiger partial charge < -0.3 is 10.2 Å². The minimum atomic E-state index is -0.0791. The van der Waals surface area contributed by atoms with Gasteiger partial charge in [-0.25, -0.2) is 0 Å². The second-order valence-corrected chi connectivity index (χ2v) is 6.49. The summed E-state index contributed by atoms with van der Waals surface area (Å²) in [6, 6.07) is 4.04. The molecular formula is C17H26N4O. The van der Waals surface area contributed by atoms with E-state index in [1.165, 1.54) is 44.9 Å². The molecule has 0 atom stereocenters. The van der Waals surface area contributed by atoms with E-state index in [1.54, 1.807) is 0 Å². The summed E-state index contributed by atoms with van der Waals surface area (Å²) in [5, 5.41) is 11.5. The quantitative estimate of drug-likeness (QED) is 0.872. The lowest BCUT2D eigenvalue weighted by atomic mass is 10.1. The predicted octanol–water partition coefficient (Wildman–Crippen LogP) is 2.92. The van der Waals surface area contributed by atoms with Crippen molar-refractivity contribution in [1.82, 2.24) is 15.5 Å². The molecule has 2 fully saturated rings. The average molecular weight is 302 g/mol. The van der Waals surface area contributed by atoms with E-state index >= 15 is 0 Å². The number of anilines is 1. The van der Waals surface area contributed by atoms with Gasteiger partial charge in [-0.2, -0.15) is 0 Å². The van der Waals surface area contributed by atoms with Crippen LogP contribution in [0.5, 0.6) is 0 Å². The molecule has 0 spiro atoms. The summed E-state index contributed by atoms with van der Waals surface area (Å²) in [5.41, 5.74) is 0.435. The van der Waals surface area contributed by atoms with Crippen LogP contribution in [0.25, 0.3) is 0 Å². The summed E-state index contributed by atoms with van der Waals surface area (Å²) in [6.45, 7) is 2.09. The van der Waals surface area contributed by atoms with Crippen molar-refractivity contribution in [3.8, 4) is 0 Å². The Labute approximate surface area is 132 Å². The fourth-order valence-corrected chi connectivity index (χ4v) is 3.42. The fourth-order valence-electron chi connectivity index (χ4n) is 3.42. The second-order valence-electron chi connectivity index (χ2n) is 6.49. The van der Waals surface area contributed by atoms with Crippen LogP contribution in [-0.2, 0) is 0 Å². The number of nitrogens with zero attached hydrogens (tertiary/aromatic N) is 3. The fraction of sp³-hybridized carbons (Fsp3) is 0.706. The summed E-state index contributed by atoms with van der Waals surface area (Å²) in [6.07, 6.45) is 10.9. The van der Waals surface area contributed by atoms with Gasteiger partial charge in [-0.05, 0) is 44.2 Å². The molecule has 2 aliphatic rings. The van der Waals surface area contributed by atoms with Crippen molar-refractivity contribution < 1.29 is 4.79 Å². The molecule has 3 rings (SSSR count). The summed E-state index contributed by atoms with van der Waals surface area (Å²) in [4.78, 5) is 14.5. The molecule has 0 aromatic carbocycles. The van der Waals surface area contributed by atoms with Gasteiger partial charge in [0.1, 0.15) is 0 Å². The highest BCUT2D eigenvalue weighted by atomic mass is 16.2. The zero-order valence-corrected chi connectivity index (χ0v) is 13.3. The van der Waals surface area contributed by atoms with Crippen molar-refractivity contribution in [1.29, 1.82) is 0 Å².